The molecule has 2 N–H and O–H groups in total. The molecule has 0 amide bonds. The van der Waals surface area contributed by atoms with Crippen molar-refractivity contribution < 1.29 is 4.74 Å². The predicted molar refractivity (Wildman–Crippen MR) is 103 cm³/mol. The van der Waals surface area contributed by atoms with Crippen molar-refractivity contribution in [2.75, 3.05) is 17.2 Å². The highest BCUT2D eigenvalue weighted by molar-refractivity contribution is 5.82. The van der Waals surface area contributed by atoms with Crippen LogP contribution in [0.1, 0.15) is 17.8 Å². The van der Waals surface area contributed by atoms with Gasteiger partial charge >= 0.3 is 0 Å². The molecule has 9 heteroatoms. The molecule has 1 aliphatic rings. The van der Waals surface area contributed by atoms with Crippen LogP contribution >= 0.6 is 0 Å². The van der Waals surface area contributed by atoms with Crippen LogP contribution in [0.4, 0.5) is 11.6 Å². The molecule has 0 unspecified atom stereocenters. The molecule has 9 nitrogen and oxygen atoms in total. The fourth-order valence-corrected chi connectivity index (χ4v) is 2.82. The zero-order chi connectivity index (χ0) is 19.3. The number of nitrogens with one attached hydrogen (secondary N) is 2. The van der Waals surface area contributed by atoms with E-state index in [1.54, 1.807) is 17.1 Å². The molecule has 1 aliphatic heterocycles. The Morgan fingerprint density at radius 2 is 2.21 bits per heavy atom. The van der Waals surface area contributed by atoms with Gasteiger partial charge in [0.15, 0.2) is 5.75 Å². The number of allylic oxidation sites excluding steroid dienone is 1. The number of hydrogen-bond acceptors (Lipinski definition) is 8. The molecule has 4 rings (SSSR count). The van der Waals surface area contributed by atoms with E-state index in [0.29, 0.717) is 35.4 Å². The molecule has 0 saturated heterocycles. The fourth-order valence-electron chi connectivity index (χ4n) is 2.82. The highest BCUT2D eigenvalue weighted by atomic mass is 16.5. The van der Waals surface area contributed by atoms with E-state index in [2.05, 4.69) is 36.8 Å². The van der Waals surface area contributed by atoms with Crippen LogP contribution < -0.4 is 15.4 Å². The van der Waals surface area contributed by atoms with Gasteiger partial charge in [-0.1, -0.05) is 12.1 Å². The number of fused-ring (bicyclic) bond motifs is 1. The van der Waals surface area contributed by atoms with Gasteiger partial charge in [0.1, 0.15) is 24.3 Å². The summed E-state index contributed by atoms with van der Waals surface area (Å²) in [5.41, 5.74) is 2.41. The van der Waals surface area contributed by atoms with Crippen LogP contribution in [0.2, 0.25) is 0 Å². The number of anilines is 2. The molecule has 0 fully saturated rings. The molecule has 0 atom stereocenters. The summed E-state index contributed by atoms with van der Waals surface area (Å²) in [7, 11) is 0. The lowest BCUT2D eigenvalue weighted by Crippen LogP contribution is -2.11. The third kappa shape index (κ3) is 3.76. The number of para-hydroxylation sites is 2. The first-order chi connectivity index (χ1) is 13.7. The van der Waals surface area contributed by atoms with E-state index in [-0.39, 0.29) is 0 Å². The third-order valence-corrected chi connectivity index (χ3v) is 4.11. The van der Waals surface area contributed by atoms with Gasteiger partial charge in [-0.2, -0.15) is 10.4 Å². The third-order valence-electron chi connectivity index (χ3n) is 4.11. The molecule has 0 bridgehead atoms. The fraction of sp³-hybridized carbons (Fsp3) is 0.211. The topological polar surface area (TPSA) is 114 Å². The first-order valence-corrected chi connectivity index (χ1v) is 8.83. The Morgan fingerprint density at radius 3 is 3.00 bits per heavy atom. The highest BCUT2D eigenvalue weighted by Crippen LogP contribution is 2.35. The first kappa shape index (κ1) is 17.5. The Kier molecular flexibility index (Phi) is 4.84. The quantitative estimate of drug-likeness (QED) is 0.500. The van der Waals surface area contributed by atoms with Crippen molar-refractivity contribution in [1.29, 1.82) is 5.26 Å². The van der Waals surface area contributed by atoms with E-state index in [0.717, 1.165) is 24.3 Å². The van der Waals surface area contributed by atoms with Crippen LogP contribution in [0.5, 0.6) is 5.75 Å². The summed E-state index contributed by atoms with van der Waals surface area (Å²) in [6.45, 7) is 3.28. The Bertz CT molecular complexity index is 1030. The molecule has 0 saturated carbocycles. The van der Waals surface area contributed by atoms with Gasteiger partial charge in [0.2, 0.25) is 11.8 Å². The van der Waals surface area contributed by atoms with E-state index < -0.39 is 0 Å². The molecule has 1 aromatic carbocycles. The summed E-state index contributed by atoms with van der Waals surface area (Å²) in [5.74, 6) is 1.53. The summed E-state index contributed by atoms with van der Waals surface area (Å²) >= 11 is 0. The van der Waals surface area contributed by atoms with E-state index >= 15 is 0 Å². The number of aryl methyl sites for hydroxylation is 2. The number of nitrogens with zero attached hydrogens (tertiary/aromatic N) is 6. The SMILES string of the molecule is Cc1cc(/C(C#N)=C2/Nc3ccccc3O2)nc(NCCCn2cncn2)n1. The average molecular weight is 374 g/mol. The number of ether oxygens (including phenoxy) is 1. The molecule has 3 aromatic rings. The molecule has 3 heterocycles. The summed E-state index contributed by atoms with van der Waals surface area (Å²) in [6, 6.07) is 11.5. The first-order valence-electron chi connectivity index (χ1n) is 8.83. The predicted octanol–water partition coefficient (Wildman–Crippen LogP) is 2.58. The van der Waals surface area contributed by atoms with E-state index in [4.69, 9.17) is 4.74 Å². The van der Waals surface area contributed by atoms with Gasteiger partial charge in [0.25, 0.3) is 0 Å². The smallest absolute Gasteiger partial charge is 0.223 e. The van der Waals surface area contributed by atoms with Crippen molar-refractivity contribution >= 4 is 17.2 Å². The van der Waals surface area contributed by atoms with Gasteiger partial charge in [-0.05, 0) is 31.5 Å². The minimum absolute atomic E-state index is 0.326. The van der Waals surface area contributed by atoms with Gasteiger partial charge in [0.05, 0.1) is 11.4 Å². The van der Waals surface area contributed by atoms with Crippen LogP contribution in [0.3, 0.4) is 0 Å². The minimum atomic E-state index is 0.326. The molecule has 140 valence electrons. The van der Waals surface area contributed by atoms with Crippen LogP contribution in [0.15, 0.2) is 48.9 Å². The second kappa shape index (κ2) is 7.75. The van der Waals surface area contributed by atoms with Crippen molar-refractivity contribution in [1.82, 2.24) is 24.7 Å². The summed E-state index contributed by atoms with van der Waals surface area (Å²) in [5, 5.41) is 20.1. The van der Waals surface area contributed by atoms with Crippen LogP contribution in [0, 0.1) is 18.3 Å². The number of hydrogen-bond donors (Lipinski definition) is 2. The number of nitriles is 1. The highest BCUT2D eigenvalue weighted by Gasteiger charge is 2.22. The van der Waals surface area contributed by atoms with E-state index in [1.807, 2.05) is 31.2 Å². The molecule has 28 heavy (non-hydrogen) atoms. The van der Waals surface area contributed by atoms with Crippen molar-refractivity contribution in [3.8, 4) is 11.8 Å². The second-order valence-electron chi connectivity index (χ2n) is 6.20. The van der Waals surface area contributed by atoms with Crippen LogP contribution in [-0.4, -0.2) is 31.3 Å². The maximum Gasteiger partial charge on any atom is 0.223 e. The van der Waals surface area contributed by atoms with E-state index in [1.165, 1.54) is 6.33 Å². The zero-order valence-corrected chi connectivity index (χ0v) is 15.3. The Labute approximate surface area is 161 Å². The largest absolute Gasteiger partial charge is 0.437 e. The Hall–Kier alpha value is -3.93. The van der Waals surface area contributed by atoms with Crippen molar-refractivity contribution in [3.05, 3.63) is 60.3 Å². The second-order valence-corrected chi connectivity index (χ2v) is 6.20. The number of rotatable bonds is 6. The molecular weight excluding hydrogens is 356 g/mol. The Balaban J connectivity index is 1.50. The lowest BCUT2D eigenvalue weighted by Gasteiger charge is -2.09. The van der Waals surface area contributed by atoms with Gasteiger partial charge in [0, 0.05) is 18.8 Å². The zero-order valence-electron chi connectivity index (χ0n) is 15.3. The monoisotopic (exact) mass is 374 g/mol. The Morgan fingerprint density at radius 1 is 1.32 bits per heavy atom. The maximum atomic E-state index is 9.70. The molecule has 2 aromatic heterocycles. The van der Waals surface area contributed by atoms with Crippen molar-refractivity contribution in [2.24, 2.45) is 0 Å². The lowest BCUT2D eigenvalue weighted by atomic mass is 10.2. The summed E-state index contributed by atoms with van der Waals surface area (Å²) in [6.07, 6.45) is 4.03. The standard InChI is InChI=1S/C19H18N8O/c1-13-9-16(14(10-20)18-25-15-5-2-3-6-17(15)28-18)26-19(24-13)22-7-4-8-27-12-21-11-23-27/h2-3,5-6,9,11-12,25H,4,7-8H2,1H3,(H,22,24,26)/b18-14-. The maximum absolute atomic E-state index is 9.70. The van der Waals surface area contributed by atoms with Crippen molar-refractivity contribution in [3.63, 3.8) is 0 Å². The summed E-state index contributed by atoms with van der Waals surface area (Å²) in [4.78, 5) is 12.8. The number of aromatic nitrogens is 5. The summed E-state index contributed by atoms with van der Waals surface area (Å²) < 4.78 is 7.55. The van der Waals surface area contributed by atoms with Gasteiger partial charge in [-0.15, -0.1) is 0 Å². The number of benzene rings is 1. The average Bonchev–Trinajstić information content (AvgIpc) is 3.35. The molecule has 0 aliphatic carbocycles. The van der Waals surface area contributed by atoms with Crippen LogP contribution in [-0.2, 0) is 6.54 Å². The van der Waals surface area contributed by atoms with Gasteiger partial charge < -0.3 is 15.4 Å². The van der Waals surface area contributed by atoms with Gasteiger partial charge in [-0.25, -0.2) is 15.0 Å². The normalized spacial score (nSPS) is 13.9. The van der Waals surface area contributed by atoms with Crippen LogP contribution in [0.25, 0.3) is 5.57 Å². The van der Waals surface area contributed by atoms with Crippen molar-refractivity contribution in [2.45, 2.75) is 19.9 Å². The molecular formula is C19H18N8O. The molecule has 0 radical (unpaired) electrons. The van der Waals surface area contributed by atoms with E-state index in [9.17, 15) is 5.26 Å². The molecule has 0 spiro atoms. The van der Waals surface area contributed by atoms with Gasteiger partial charge in [-0.3, -0.25) is 4.68 Å². The minimum Gasteiger partial charge on any atom is -0.437 e. The lowest BCUT2D eigenvalue weighted by molar-refractivity contribution is 0.460.